The Morgan fingerprint density at radius 1 is 0.968 bits per heavy atom. The van der Waals surface area contributed by atoms with Gasteiger partial charge in [0.25, 0.3) is 5.91 Å². The van der Waals surface area contributed by atoms with Crippen LogP contribution in [-0.4, -0.2) is 22.1 Å². The summed E-state index contributed by atoms with van der Waals surface area (Å²) in [5.74, 6) is -0.364. The summed E-state index contributed by atoms with van der Waals surface area (Å²) in [7, 11) is 0. The molecule has 4 rings (SSSR count). The van der Waals surface area contributed by atoms with Gasteiger partial charge in [-0.15, -0.1) is 0 Å². The average molecular weight is 423 g/mol. The largest absolute Gasteiger partial charge is 0.416 e. The van der Waals surface area contributed by atoms with Gasteiger partial charge in [0.2, 0.25) is 0 Å². The summed E-state index contributed by atoms with van der Waals surface area (Å²) in [5, 5.41) is 7.16. The van der Waals surface area contributed by atoms with Crippen LogP contribution in [0.3, 0.4) is 0 Å². The van der Waals surface area contributed by atoms with Crippen molar-refractivity contribution in [1.82, 2.24) is 14.9 Å². The molecule has 2 heterocycles. The standard InChI is InChI=1S/C24H20F3N3O/c25-24(26,27)19-11-4-10-18(15-19)20-16-21(29-30-14-6-12-22(20)30)23(31)28-13-5-9-17-7-2-1-3-8-17/h1-4,6-8,10-12,14-16H,5,9,13H2,(H,28,31). The molecule has 0 bridgehead atoms. The molecule has 31 heavy (non-hydrogen) atoms. The van der Waals surface area contributed by atoms with Crippen molar-refractivity contribution in [3.05, 3.63) is 95.8 Å². The van der Waals surface area contributed by atoms with Crippen LogP contribution in [0.2, 0.25) is 0 Å². The van der Waals surface area contributed by atoms with Gasteiger partial charge in [0.1, 0.15) is 5.69 Å². The number of nitrogens with one attached hydrogen (secondary N) is 1. The number of amides is 1. The van der Waals surface area contributed by atoms with Gasteiger partial charge in [0.05, 0.1) is 11.1 Å². The summed E-state index contributed by atoms with van der Waals surface area (Å²) in [6, 6.07) is 20.1. The molecule has 7 heteroatoms. The van der Waals surface area contributed by atoms with E-state index in [2.05, 4.69) is 10.4 Å². The smallest absolute Gasteiger partial charge is 0.351 e. The molecule has 0 saturated heterocycles. The highest BCUT2D eigenvalue weighted by atomic mass is 19.4. The zero-order valence-electron chi connectivity index (χ0n) is 16.6. The van der Waals surface area contributed by atoms with Gasteiger partial charge in [0, 0.05) is 18.3 Å². The molecule has 0 spiro atoms. The first kappa shape index (κ1) is 20.7. The fraction of sp³-hybridized carbons (Fsp3) is 0.167. The van der Waals surface area contributed by atoms with Crippen LogP contribution in [0.15, 0.2) is 79.0 Å². The average Bonchev–Trinajstić information content (AvgIpc) is 3.25. The number of nitrogens with zero attached hydrogens (tertiary/aromatic N) is 2. The highest BCUT2D eigenvalue weighted by Crippen LogP contribution is 2.33. The lowest BCUT2D eigenvalue weighted by molar-refractivity contribution is -0.137. The molecule has 0 aliphatic carbocycles. The van der Waals surface area contributed by atoms with Crippen LogP contribution < -0.4 is 5.32 Å². The molecule has 4 aromatic rings. The number of fused-ring (bicyclic) bond motifs is 1. The first-order valence-corrected chi connectivity index (χ1v) is 9.90. The third kappa shape index (κ3) is 4.77. The van der Waals surface area contributed by atoms with Crippen molar-refractivity contribution in [2.24, 2.45) is 0 Å². The summed E-state index contributed by atoms with van der Waals surface area (Å²) in [5.41, 5.74) is 2.12. The lowest BCUT2D eigenvalue weighted by Gasteiger charge is -2.12. The van der Waals surface area contributed by atoms with E-state index in [9.17, 15) is 18.0 Å². The van der Waals surface area contributed by atoms with Crippen molar-refractivity contribution >= 4 is 11.4 Å². The van der Waals surface area contributed by atoms with E-state index in [1.807, 2.05) is 30.3 Å². The zero-order chi connectivity index (χ0) is 21.8. The second kappa shape index (κ2) is 8.63. The van der Waals surface area contributed by atoms with Gasteiger partial charge in [-0.05, 0) is 54.3 Å². The number of aryl methyl sites for hydroxylation is 1. The fourth-order valence-corrected chi connectivity index (χ4v) is 3.46. The van der Waals surface area contributed by atoms with Gasteiger partial charge in [-0.3, -0.25) is 4.79 Å². The van der Waals surface area contributed by atoms with Crippen LogP contribution in [-0.2, 0) is 12.6 Å². The Bertz CT molecular complexity index is 1200. The van der Waals surface area contributed by atoms with Crippen LogP contribution in [0.1, 0.15) is 28.0 Å². The number of alkyl halides is 3. The summed E-state index contributed by atoms with van der Waals surface area (Å²) >= 11 is 0. The van der Waals surface area contributed by atoms with Crippen molar-refractivity contribution in [1.29, 1.82) is 0 Å². The Labute approximate surface area is 177 Å². The van der Waals surface area contributed by atoms with E-state index in [-0.39, 0.29) is 11.6 Å². The molecule has 158 valence electrons. The molecular weight excluding hydrogens is 403 g/mol. The zero-order valence-corrected chi connectivity index (χ0v) is 16.6. The molecule has 0 aliphatic heterocycles. The third-order valence-electron chi connectivity index (χ3n) is 5.00. The Morgan fingerprint density at radius 3 is 2.55 bits per heavy atom. The maximum Gasteiger partial charge on any atom is 0.416 e. The number of aromatic nitrogens is 2. The minimum atomic E-state index is -4.44. The number of halogens is 3. The molecule has 2 aromatic heterocycles. The van der Waals surface area contributed by atoms with E-state index in [0.717, 1.165) is 25.0 Å². The van der Waals surface area contributed by atoms with Gasteiger partial charge in [-0.25, -0.2) is 4.52 Å². The summed E-state index contributed by atoms with van der Waals surface area (Å²) < 4.78 is 41.0. The summed E-state index contributed by atoms with van der Waals surface area (Å²) in [6.07, 6.45) is -1.18. The quantitative estimate of drug-likeness (QED) is 0.423. The number of rotatable bonds is 6. The van der Waals surface area contributed by atoms with E-state index >= 15 is 0 Å². The van der Waals surface area contributed by atoms with E-state index in [0.29, 0.717) is 23.2 Å². The van der Waals surface area contributed by atoms with Crippen LogP contribution >= 0.6 is 0 Å². The first-order valence-electron chi connectivity index (χ1n) is 9.90. The van der Waals surface area contributed by atoms with Crippen molar-refractivity contribution in [3.63, 3.8) is 0 Å². The molecule has 1 amide bonds. The maximum atomic E-state index is 13.2. The molecule has 1 N–H and O–H groups in total. The Hall–Kier alpha value is -3.61. The molecule has 0 fully saturated rings. The predicted octanol–water partition coefficient (Wildman–Crippen LogP) is 5.38. The second-order valence-electron chi connectivity index (χ2n) is 7.20. The number of hydrogen-bond acceptors (Lipinski definition) is 2. The fourth-order valence-electron chi connectivity index (χ4n) is 3.46. The minimum absolute atomic E-state index is 0.149. The van der Waals surface area contributed by atoms with Gasteiger partial charge >= 0.3 is 6.18 Å². The Kier molecular flexibility index (Phi) is 5.75. The third-order valence-corrected chi connectivity index (χ3v) is 5.00. The van der Waals surface area contributed by atoms with E-state index in [1.165, 1.54) is 22.2 Å². The van der Waals surface area contributed by atoms with E-state index in [1.54, 1.807) is 24.4 Å². The lowest BCUT2D eigenvalue weighted by Crippen LogP contribution is -2.26. The maximum absolute atomic E-state index is 13.2. The van der Waals surface area contributed by atoms with Crippen molar-refractivity contribution in [2.75, 3.05) is 6.54 Å². The monoisotopic (exact) mass is 423 g/mol. The topological polar surface area (TPSA) is 46.4 Å². The van der Waals surface area contributed by atoms with Crippen LogP contribution in [0, 0.1) is 0 Å². The predicted molar refractivity (Wildman–Crippen MR) is 113 cm³/mol. The molecule has 0 saturated carbocycles. The SMILES string of the molecule is O=C(NCCCc1ccccc1)c1cc(-c2cccc(C(F)(F)F)c2)c2cccn2n1. The lowest BCUT2D eigenvalue weighted by atomic mass is 10.0. The van der Waals surface area contributed by atoms with Crippen LogP contribution in [0.4, 0.5) is 13.2 Å². The molecule has 0 aliphatic rings. The Balaban J connectivity index is 1.55. The molecule has 4 nitrogen and oxygen atoms in total. The molecule has 2 aromatic carbocycles. The van der Waals surface area contributed by atoms with Gasteiger partial charge < -0.3 is 5.32 Å². The first-order chi connectivity index (χ1) is 14.9. The normalized spacial score (nSPS) is 11.6. The van der Waals surface area contributed by atoms with E-state index < -0.39 is 11.7 Å². The van der Waals surface area contributed by atoms with Gasteiger partial charge in [0.15, 0.2) is 0 Å². The minimum Gasteiger partial charge on any atom is -0.351 e. The second-order valence-corrected chi connectivity index (χ2v) is 7.20. The number of carbonyl (C=O) groups is 1. The van der Waals surface area contributed by atoms with Crippen molar-refractivity contribution in [2.45, 2.75) is 19.0 Å². The van der Waals surface area contributed by atoms with Gasteiger partial charge in [-0.1, -0.05) is 42.5 Å². The number of benzene rings is 2. The molecule has 0 atom stereocenters. The highest BCUT2D eigenvalue weighted by Gasteiger charge is 2.30. The van der Waals surface area contributed by atoms with Crippen molar-refractivity contribution < 1.29 is 18.0 Å². The summed E-state index contributed by atoms with van der Waals surface area (Å²) in [6.45, 7) is 0.470. The van der Waals surface area contributed by atoms with Crippen LogP contribution in [0.25, 0.3) is 16.6 Å². The van der Waals surface area contributed by atoms with Crippen molar-refractivity contribution in [3.8, 4) is 11.1 Å². The van der Waals surface area contributed by atoms with Crippen LogP contribution in [0.5, 0.6) is 0 Å². The number of hydrogen-bond donors (Lipinski definition) is 1. The molecular formula is C24H20F3N3O. The Morgan fingerprint density at radius 2 is 1.77 bits per heavy atom. The number of carbonyl (C=O) groups excluding carboxylic acids is 1. The highest BCUT2D eigenvalue weighted by molar-refractivity contribution is 5.95. The summed E-state index contributed by atoms with van der Waals surface area (Å²) in [4.78, 5) is 12.7. The van der Waals surface area contributed by atoms with E-state index in [4.69, 9.17) is 0 Å². The van der Waals surface area contributed by atoms with Gasteiger partial charge in [-0.2, -0.15) is 18.3 Å². The molecule has 0 unspecified atom stereocenters. The molecule has 0 radical (unpaired) electrons.